The van der Waals surface area contributed by atoms with Crippen LogP contribution in [0.5, 0.6) is 11.5 Å². The third-order valence-electron chi connectivity index (χ3n) is 5.48. The molecule has 0 radical (unpaired) electrons. The third-order valence-corrected chi connectivity index (χ3v) is 5.72. The Morgan fingerprint density at radius 3 is 2.48 bits per heavy atom. The molecule has 1 heterocycles. The first kappa shape index (κ1) is 22.4. The zero-order valence-electron chi connectivity index (χ0n) is 17.7. The van der Waals surface area contributed by atoms with Gasteiger partial charge in [-0.3, -0.25) is 14.5 Å². The summed E-state index contributed by atoms with van der Waals surface area (Å²) in [6.07, 6.45) is 0. The number of nitrogens with zero attached hydrogens (tertiary/aromatic N) is 1. The van der Waals surface area contributed by atoms with Crippen LogP contribution in [-0.4, -0.2) is 29.0 Å². The number of aliphatic hydroxyl groups excluding tert-OH is 1. The maximum atomic E-state index is 13.8. The molecule has 1 aliphatic heterocycles. The van der Waals surface area contributed by atoms with Gasteiger partial charge in [0.05, 0.1) is 18.7 Å². The number of ether oxygens (including phenoxy) is 1. The first-order valence-corrected chi connectivity index (χ1v) is 10.3. The average molecular weight is 468 g/mol. The van der Waals surface area contributed by atoms with Gasteiger partial charge in [0.2, 0.25) is 0 Å². The number of ketones is 1. The van der Waals surface area contributed by atoms with Crippen molar-refractivity contribution in [2.45, 2.75) is 13.0 Å². The van der Waals surface area contributed by atoms with Crippen molar-refractivity contribution < 1.29 is 28.9 Å². The number of carbonyl (C=O) groups is 2. The lowest BCUT2D eigenvalue weighted by atomic mass is 9.94. The SMILES string of the molecule is COc1ccc(C2/C(=C(/O)c3ccc(F)c(C)c3)C(=O)C(=O)N2c2cccc(Cl)c2)cc1O. The Morgan fingerprint density at radius 2 is 1.85 bits per heavy atom. The van der Waals surface area contributed by atoms with Crippen LogP contribution in [-0.2, 0) is 9.59 Å². The fourth-order valence-electron chi connectivity index (χ4n) is 3.86. The summed E-state index contributed by atoms with van der Waals surface area (Å²) in [5.41, 5.74) is 0.935. The molecule has 0 aromatic heterocycles. The fourth-order valence-corrected chi connectivity index (χ4v) is 4.05. The highest BCUT2D eigenvalue weighted by Crippen LogP contribution is 2.44. The van der Waals surface area contributed by atoms with E-state index in [4.69, 9.17) is 16.3 Å². The van der Waals surface area contributed by atoms with E-state index in [1.54, 1.807) is 24.3 Å². The van der Waals surface area contributed by atoms with Gasteiger partial charge in [-0.25, -0.2) is 4.39 Å². The summed E-state index contributed by atoms with van der Waals surface area (Å²) in [6.45, 7) is 1.52. The second-order valence-electron chi connectivity index (χ2n) is 7.54. The highest BCUT2D eigenvalue weighted by atomic mass is 35.5. The van der Waals surface area contributed by atoms with E-state index >= 15 is 0 Å². The van der Waals surface area contributed by atoms with Crippen LogP contribution in [0, 0.1) is 12.7 Å². The van der Waals surface area contributed by atoms with Gasteiger partial charge in [0, 0.05) is 16.3 Å². The molecule has 2 N–H and O–H groups in total. The van der Waals surface area contributed by atoms with Crippen molar-refractivity contribution in [3.05, 3.63) is 93.8 Å². The number of Topliss-reactive ketones (excluding diaryl/α,β-unsaturated/α-hetero) is 1. The largest absolute Gasteiger partial charge is 0.507 e. The standard InChI is InChI=1S/C25H19ClFNO5/c1-13-10-15(6-8-18(13)27)23(30)21-22(14-7-9-20(33-2)19(29)11-14)28(25(32)24(21)31)17-5-3-4-16(26)12-17/h3-12,22,29-30H,1-2H3/b23-21-. The molecule has 0 saturated carbocycles. The van der Waals surface area contributed by atoms with Crippen LogP contribution in [0.3, 0.4) is 0 Å². The number of anilines is 1. The number of aromatic hydroxyl groups is 1. The highest BCUT2D eigenvalue weighted by molar-refractivity contribution is 6.51. The number of phenolic OH excluding ortho intramolecular Hbond substituents is 1. The van der Waals surface area contributed by atoms with Crippen LogP contribution in [0.1, 0.15) is 22.7 Å². The lowest BCUT2D eigenvalue weighted by Gasteiger charge is -2.26. The number of amides is 1. The molecule has 1 fully saturated rings. The van der Waals surface area contributed by atoms with E-state index in [2.05, 4.69) is 0 Å². The minimum Gasteiger partial charge on any atom is -0.507 e. The molecule has 1 aliphatic rings. The summed E-state index contributed by atoms with van der Waals surface area (Å²) in [4.78, 5) is 27.5. The Balaban J connectivity index is 1.97. The Morgan fingerprint density at radius 1 is 1.09 bits per heavy atom. The second-order valence-corrected chi connectivity index (χ2v) is 7.98. The monoisotopic (exact) mass is 467 g/mol. The van der Waals surface area contributed by atoms with Crippen molar-refractivity contribution in [1.29, 1.82) is 0 Å². The summed E-state index contributed by atoms with van der Waals surface area (Å²) < 4.78 is 18.9. The minimum absolute atomic E-state index is 0.181. The van der Waals surface area contributed by atoms with Crippen molar-refractivity contribution >= 4 is 34.7 Å². The lowest BCUT2D eigenvalue weighted by Crippen LogP contribution is -2.29. The van der Waals surface area contributed by atoms with Gasteiger partial charge in [0.15, 0.2) is 11.5 Å². The molecule has 168 valence electrons. The molecule has 1 atom stereocenters. The van der Waals surface area contributed by atoms with Gasteiger partial charge >= 0.3 is 0 Å². The van der Waals surface area contributed by atoms with E-state index in [0.717, 1.165) is 0 Å². The molecule has 4 rings (SSSR count). The third kappa shape index (κ3) is 3.91. The molecule has 1 amide bonds. The predicted octanol–water partition coefficient (Wildman–Crippen LogP) is 5.13. The summed E-state index contributed by atoms with van der Waals surface area (Å²) >= 11 is 6.12. The van der Waals surface area contributed by atoms with Gasteiger partial charge < -0.3 is 14.9 Å². The fraction of sp³-hybridized carbons (Fsp3) is 0.120. The van der Waals surface area contributed by atoms with Crippen LogP contribution in [0.15, 0.2) is 66.2 Å². The number of benzene rings is 3. The van der Waals surface area contributed by atoms with Crippen LogP contribution in [0.2, 0.25) is 5.02 Å². The van der Waals surface area contributed by atoms with Gasteiger partial charge in [-0.1, -0.05) is 23.7 Å². The zero-order chi connectivity index (χ0) is 23.9. The average Bonchev–Trinajstić information content (AvgIpc) is 3.05. The number of aryl methyl sites for hydroxylation is 1. The normalized spacial score (nSPS) is 17.5. The predicted molar refractivity (Wildman–Crippen MR) is 122 cm³/mol. The second kappa shape index (κ2) is 8.60. The maximum absolute atomic E-state index is 13.8. The van der Waals surface area contributed by atoms with Crippen molar-refractivity contribution in [2.24, 2.45) is 0 Å². The van der Waals surface area contributed by atoms with Gasteiger partial charge in [-0.15, -0.1) is 0 Å². The molecule has 3 aromatic carbocycles. The topological polar surface area (TPSA) is 87.1 Å². The smallest absolute Gasteiger partial charge is 0.300 e. The number of rotatable bonds is 4. The molecule has 3 aromatic rings. The highest BCUT2D eigenvalue weighted by Gasteiger charge is 2.47. The van der Waals surface area contributed by atoms with Crippen LogP contribution >= 0.6 is 11.6 Å². The van der Waals surface area contributed by atoms with Crippen molar-refractivity contribution in [3.63, 3.8) is 0 Å². The molecule has 1 saturated heterocycles. The molecular formula is C25H19ClFNO5. The Kier molecular flexibility index (Phi) is 5.82. The van der Waals surface area contributed by atoms with Crippen LogP contribution < -0.4 is 9.64 Å². The van der Waals surface area contributed by atoms with Gasteiger partial charge in [0.1, 0.15) is 11.6 Å². The van der Waals surface area contributed by atoms with Crippen LogP contribution in [0.25, 0.3) is 5.76 Å². The zero-order valence-corrected chi connectivity index (χ0v) is 18.4. The van der Waals surface area contributed by atoms with Crippen molar-refractivity contribution in [1.82, 2.24) is 0 Å². The van der Waals surface area contributed by atoms with Gasteiger partial charge in [-0.2, -0.15) is 0 Å². The number of hydrogen-bond donors (Lipinski definition) is 2. The van der Waals surface area contributed by atoms with E-state index in [-0.39, 0.29) is 28.2 Å². The van der Waals surface area contributed by atoms with E-state index in [9.17, 15) is 24.2 Å². The first-order chi connectivity index (χ1) is 15.7. The molecule has 33 heavy (non-hydrogen) atoms. The van der Waals surface area contributed by atoms with Gasteiger partial charge in [0.25, 0.3) is 11.7 Å². The number of methoxy groups -OCH3 is 1. The lowest BCUT2D eigenvalue weighted by molar-refractivity contribution is -0.132. The Labute approximate surface area is 194 Å². The minimum atomic E-state index is -1.08. The molecule has 0 aliphatic carbocycles. The molecule has 0 spiro atoms. The van der Waals surface area contributed by atoms with E-state index < -0.39 is 29.3 Å². The summed E-state index contributed by atoms with van der Waals surface area (Å²) in [7, 11) is 1.39. The summed E-state index contributed by atoms with van der Waals surface area (Å²) in [5.74, 6) is -2.73. The summed E-state index contributed by atoms with van der Waals surface area (Å²) in [5, 5.41) is 21.8. The first-order valence-electron chi connectivity index (χ1n) is 9.93. The summed E-state index contributed by atoms with van der Waals surface area (Å²) in [6, 6.07) is 13.6. The Hall–Kier alpha value is -3.84. The molecule has 0 bridgehead atoms. The van der Waals surface area contributed by atoms with Gasteiger partial charge in [-0.05, 0) is 66.6 Å². The van der Waals surface area contributed by atoms with E-state index in [1.165, 1.54) is 55.3 Å². The molecular weight excluding hydrogens is 449 g/mol. The number of halogens is 2. The number of aliphatic hydroxyl groups is 1. The van der Waals surface area contributed by atoms with Crippen molar-refractivity contribution in [3.8, 4) is 11.5 Å². The maximum Gasteiger partial charge on any atom is 0.300 e. The van der Waals surface area contributed by atoms with E-state index in [0.29, 0.717) is 16.3 Å². The number of phenols is 1. The quantitative estimate of drug-likeness (QED) is 0.315. The molecule has 8 heteroatoms. The van der Waals surface area contributed by atoms with E-state index in [1.807, 2.05) is 0 Å². The molecule has 6 nitrogen and oxygen atoms in total. The number of carbonyl (C=O) groups excluding carboxylic acids is 2. The number of hydrogen-bond acceptors (Lipinski definition) is 5. The molecule has 1 unspecified atom stereocenters. The van der Waals surface area contributed by atoms with Crippen LogP contribution in [0.4, 0.5) is 10.1 Å². The van der Waals surface area contributed by atoms with Crippen molar-refractivity contribution in [2.75, 3.05) is 12.0 Å². The Bertz CT molecular complexity index is 1320.